The number of rotatable bonds is 13. The van der Waals surface area contributed by atoms with E-state index in [0.717, 1.165) is 56.9 Å². The van der Waals surface area contributed by atoms with Crippen molar-refractivity contribution in [2.24, 2.45) is 0 Å². The van der Waals surface area contributed by atoms with Crippen molar-refractivity contribution in [2.75, 3.05) is 0 Å². The first-order valence-corrected chi connectivity index (χ1v) is 38.1. The normalized spacial score (nSPS) is 13.6. The van der Waals surface area contributed by atoms with E-state index < -0.39 is 0 Å². The first kappa shape index (κ1) is 65.1. The van der Waals surface area contributed by atoms with Gasteiger partial charge in [0.25, 0.3) is 0 Å². The first-order chi connectivity index (χ1) is 53.5. The molecule has 0 atom stereocenters. The Kier molecular flexibility index (Phi) is 15.7. The van der Waals surface area contributed by atoms with Gasteiger partial charge in [-0.2, -0.15) is 9.97 Å². The maximum atomic E-state index is 5.51. The molecular formula is C105H76N4. The molecule has 3 aliphatic rings. The van der Waals surface area contributed by atoms with Crippen molar-refractivity contribution < 1.29 is 0 Å². The van der Waals surface area contributed by atoms with Crippen LogP contribution in [0.3, 0.4) is 0 Å². The molecule has 17 aromatic rings. The van der Waals surface area contributed by atoms with Gasteiger partial charge in [-0.05, 0) is 266 Å². The van der Waals surface area contributed by atoms with Gasteiger partial charge in [0.1, 0.15) is 0 Å². The lowest BCUT2D eigenvalue weighted by Gasteiger charge is -2.22. The zero-order chi connectivity index (χ0) is 72.9. The predicted molar refractivity (Wildman–Crippen MR) is 455 cm³/mol. The van der Waals surface area contributed by atoms with Crippen LogP contribution in [0.1, 0.15) is 68.4 Å². The third-order valence-corrected chi connectivity index (χ3v) is 23.3. The zero-order valence-electron chi connectivity index (χ0n) is 61.3. The van der Waals surface area contributed by atoms with Crippen molar-refractivity contribution in [2.45, 2.75) is 51.4 Å². The van der Waals surface area contributed by atoms with Crippen LogP contribution < -0.4 is 0 Å². The van der Waals surface area contributed by atoms with E-state index in [1.165, 1.54) is 145 Å². The minimum atomic E-state index is -0.351. The van der Waals surface area contributed by atoms with E-state index in [1.54, 1.807) is 0 Å². The van der Waals surface area contributed by atoms with E-state index in [4.69, 9.17) is 15.0 Å². The summed E-state index contributed by atoms with van der Waals surface area (Å²) < 4.78 is 2.35. The van der Waals surface area contributed by atoms with Gasteiger partial charge in [0.15, 0.2) is 11.6 Å². The van der Waals surface area contributed by atoms with Gasteiger partial charge in [-0.15, -0.1) is 0 Å². The van der Waals surface area contributed by atoms with Gasteiger partial charge in [0, 0.05) is 32.7 Å². The number of nitrogens with zero attached hydrogens (tertiary/aromatic N) is 4. The molecule has 0 saturated heterocycles. The van der Waals surface area contributed by atoms with E-state index >= 15 is 0 Å². The average molecular weight is 1390 g/mol. The van der Waals surface area contributed by atoms with Crippen molar-refractivity contribution in [3.05, 3.63) is 392 Å². The SMILES string of the molecule is CC1(C)c2ccc(-c3cccc(-c4cc(C5=CC=CCC5)cc(-c5cccc(-c6ccccc6)c5)c4)c3)cc2-c2cc3c4cc5c(cc4n(-c4nc(-c6ccccc6)nc(-c6ccccc6)n4)c3cc21)C(C)(C)c1ccc(-c2cccc(-c3cc(-c4ccccc4)cc(-c4cccc(-c6ccccc6)c4)c3)c2)cc1-5. The third kappa shape index (κ3) is 11.6. The lowest BCUT2D eigenvalue weighted by molar-refractivity contribution is 0.660. The number of hydrogen-bond donors (Lipinski definition) is 0. The number of hydrogen-bond acceptors (Lipinski definition) is 3. The van der Waals surface area contributed by atoms with Crippen LogP contribution in [0, 0.1) is 0 Å². The van der Waals surface area contributed by atoms with Gasteiger partial charge in [0.2, 0.25) is 5.95 Å². The van der Waals surface area contributed by atoms with Gasteiger partial charge < -0.3 is 0 Å². The summed E-state index contributed by atoms with van der Waals surface area (Å²) in [5, 5.41) is 2.28. The molecular weight excluding hydrogens is 1320 g/mol. The van der Waals surface area contributed by atoms with Gasteiger partial charge in [-0.3, -0.25) is 4.57 Å². The Bertz CT molecular complexity index is 6500. The van der Waals surface area contributed by atoms with Crippen LogP contribution in [0.25, 0.3) is 178 Å². The number of aromatic nitrogens is 4. The molecule has 2 aromatic heterocycles. The molecule has 4 nitrogen and oxygen atoms in total. The van der Waals surface area contributed by atoms with Crippen LogP contribution in [0.5, 0.6) is 0 Å². The summed E-state index contributed by atoms with van der Waals surface area (Å²) in [5.74, 6) is 1.81. The molecule has 20 rings (SSSR count). The van der Waals surface area contributed by atoms with Crippen LogP contribution in [0.2, 0.25) is 0 Å². The van der Waals surface area contributed by atoms with Crippen molar-refractivity contribution in [3.63, 3.8) is 0 Å². The molecule has 516 valence electrons. The lowest BCUT2D eigenvalue weighted by Crippen LogP contribution is -2.15. The molecule has 0 radical (unpaired) electrons. The van der Waals surface area contributed by atoms with E-state index in [-0.39, 0.29) is 10.8 Å². The smallest absolute Gasteiger partial charge is 0.238 e. The summed E-state index contributed by atoms with van der Waals surface area (Å²) in [4.78, 5) is 16.3. The Balaban J connectivity index is 0.731. The van der Waals surface area contributed by atoms with Crippen LogP contribution >= 0.6 is 0 Å². The fourth-order valence-electron chi connectivity index (χ4n) is 17.5. The molecule has 0 fully saturated rings. The van der Waals surface area contributed by atoms with Crippen LogP contribution in [-0.4, -0.2) is 19.5 Å². The summed E-state index contributed by atoms with van der Waals surface area (Å²) >= 11 is 0. The number of benzene rings is 15. The second-order valence-corrected chi connectivity index (χ2v) is 30.6. The van der Waals surface area contributed by atoms with Crippen molar-refractivity contribution in [3.8, 4) is 151 Å². The topological polar surface area (TPSA) is 43.6 Å². The molecule has 15 aromatic carbocycles. The summed E-state index contributed by atoms with van der Waals surface area (Å²) in [5.41, 5.74) is 37.4. The molecule has 0 amide bonds. The highest BCUT2D eigenvalue weighted by Gasteiger charge is 2.40. The lowest BCUT2D eigenvalue weighted by atomic mass is 9.81. The Labute approximate surface area is 637 Å². The molecule has 0 N–H and O–H groups in total. The second kappa shape index (κ2) is 26.3. The molecule has 4 heteroatoms. The Morgan fingerprint density at radius 1 is 0.248 bits per heavy atom. The molecule has 109 heavy (non-hydrogen) atoms. The van der Waals surface area contributed by atoms with Gasteiger partial charge >= 0.3 is 0 Å². The van der Waals surface area contributed by atoms with Crippen LogP contribution in [0.15, 0.2) is 364 Å². The molecule has 3 aliphatic carbocycles. The fourth-order valence-corrected chi connectivity index (χ4v) is 17.5. The minimum absolute atomic E-state index is 0.348. The summed E-state index contributed by atoms with van der Waals surface area (Å²) in [6.07, 6.45) is 8.83. The largest absolute Gasteiger partial charge is 0.278 e. The van der Waals surface area contributed by atoms with Gasteiger partial charge in [-0.25, -0.2) is 4.98 Å². The number of allylic oxidation sites excluding steroid dienone is 4. The summed E-state index contributed by atoms with van der Waals surface area (Å²) in [6.45, 7) is 9.57. The molecule has 0 spiro atoms. The molecule has 0 aliphatic heterocycles. The van der Waals surface area contributed by atoms with Crippen molar-refractivity contribution in [1.29, 1.82) is 0 Å². The van der Waals surface area contributed by atoms with Gasteiger partial charge in [-0.1, -0.05) is 295 Å². The predicted octanol–water partition coefficient (Wildman–Crippen LogP) is 27.7. The highest BCUT2D eigenvalue weighted by Crippen LogP contribution is 2.56. The minimum Gasteiger partial charge on any atom is -0.278 e. The molecule has 0 bridgehead atoms. The van der Waals surface area contributed by atoms with Crippen molar-refractivity contribution >= 4 is 27.4 Å². The molecule has 0 unspecified atom stereocenters. The standard InChI is InChI=1S/C105H76N4/c1-104(2)95-49-47-81(75-41-25-45-79(53-75)87-57-83(69-31-15-7-16-32-69)55-85(59-87)77-43-23-39-73(51-77)67-27-11-5-12-28-67)61-89(95)91-63-93-94-64-92-90-62-82(76-42-26-46-80(54-76)88-58-84(70-33-17-8-18-34-70)56-86(60-88)78-44-24-40-74(52-78)68-29-13-6-14-30-68)48-50-96(90)105(3,4)98(92)66-100(94)109(99(93)65-97(91)104)103-107-101(71-35-19-9-20-36-71)106-102(108-103)72-37-21-10-22-38-72/h5-17,19-33,35-66H,18,34H2,1-4H3. The monoisotopic (exact) mass is 1390 g/mol. The quantitative estimate of drug-likeness (QED) is 0.116. The van der Waals surface area contributed by atoms with Gasteiger partial charge in [0.05, 0.1) is 11.0 Å². The highest BCUT2D eigenvalue weighted by molar-refractivity contribution is 6.14. The third-order valence-electron chi connectivity index (χ3n) is 23.3. The zero-order valence-corrected chi connectivity index (χ0v) is 61.3. The summed E-state index contributed by atoms with van der Waals surface area (Å²) in [6, 6.07) is 128. The Hall–Kier alpha value is -13.4. The number of fused-ring (bicyclic) bond motifs is 9. The van der Waals surface area contributed by atoms with E-state index in [1.807, 2.05) is 12.1 Å². The second-order valence-electron chi connectivity index (χ2n) is 30.6. The fraction of sp³-hybridized carbons (Fsp3) is 0.0762. The Morgan fingerprint density at radius 2 is 0.541 bits per heavy atom. The van der Waals surface area contributed by atoms with E-state index in [2.05, 4.69) is 384 Å². The maximum absolute atomic E-state index is 5.51. The molecule has 0 saturated carbocycles. The molecule has 2 heterocycles. The summed E-state index contributed by atoms with van der Waals surface area (Å²) in [7, 11) is 0. The first-order valence-electron chi connectivity index (χ1n) is 38.1. The van der Waals surface area contributed by atoms with E-state index in [9.17, 15) is 0 Å². The maximum Gasteiger partial charge on any atom is 0.238 e. The highest BCUT2D eigenvalue weighted by atomic mass is 15.2. The van der Waals surface area contributed by atoms with Crippen LogP contribution in [-0.2, 0) is 10.8 Å². The average Bonchev–Trinajstić information content (AvgIpc) is 1.53. The van der Waals surface area contributed by atoms with Crippen LogP contribution in [0.4, 0.5) is 0 Å². The van der Waals surface area contributed by atoms with Crippen molar-refractivity contribution in [1.82, 2.24) is 19.5 Å². The van der Waals surface area contributed by atoms with E-state index in [0.29, 0.717) is 17.6 Å². The Morgan fingerprint density at radius 3 is 0.908 bits per heavy atom.